The van der Waals surface area contributed by atoms with Crippen LogP contribution in [0.15, 0.2) is 0 Å². The highest BCUT2D eigenvalue weighted by molar-refractivity contribution is 7.84. The summed E-state index contributed by atoms with van der Waals surface area (Å²) in [4.78, 5) is 2.58. The molecule has 0 saturated carbocycles. The lowest BCUT2D eigenvalue weighted by molar-refractivity contribution is 0.0515. The van der Waals surface area contributed by atoms with Crippen molar-refractivity contribution in [3.8, 4) is 0 Å². The fourth-order valence-electron chi connectivity index (χ4n) is 3.03. The number of rotatable bonds is 6. The molecule has 4 heteroatoms. The molecule has 0 bridgehead atoms. The zero-order valence-electron chi connectivity index (χ0n) is 13.5. The summed E-state index contributed by atoms with van der Waals surface area (Å²) in [5, 5.41) is 4.03. The van der Waals surface area contributed by atoms with Gasteiger partial charge in [0, 0.05) is 53.5 Å². The van der Waals surface area contributed by atoms with Gasteiger partial charge in [-0.15, -0.1) is 0 Å². The van der Waals surface area contributed by atoms with Crippen LogP contribution in [0.1, 0.15) is 47.5 Å². The van der Waals surface area contributed by atoms with E-state index in [9.17, 15) is 4.21 Å². The molecule has 1 rings (SSSR count). The lowest BCUT2D eigenvalue weighted by Gasteiger charge is -2.49. The lowest BCUT2D eigenvalue weighted by atomic mass is 9.86. The number of nitrogens with one attached hydrogen (secondary N) is 1. The van der Waals surface area contributed by atoms with Crippen molar-refractivity contribution in [2.75, 3.05) is 25.9 Å². The van der Waals surface area contributed by atoms with Crippen LogP contribution in [0, 0.1) is 5.92 Å². The molecule has 1 fully saturated rings. The second kappa shape index (κ2) is 7.19. The summed E-state index contributed by atoms with van der Waals surface area (Å²) < 4.78 is 11.7. The Labute approximate surface area is 122 Å². The first-order valence-electron chi connectivity index (χ1n) is 7.66. The van der Waals surface area contributed by atoms with E-state index in [4.69, 9.17) is 0 Å². The molecule has 0 radical (unpaired) electrons. The first-order chi connectivity index (χ1) is 8.85. The summed E-state index contributed by atoms with van der Waals surface area (Å²) in [6.45, 7) is 14.3. The maximum atomic E-state index is 11.7. The van der Waals surface area contributed by atoms with Gasteiger partial charge in [-0.1, -0.05) is 27.7 Å². The van der Waals surface area contributed by atoms with Crippen molar-refractivity contribution < 1.29 is 4.21 Å². The van der Waals surface area contributed by atoms with Gasteiger partial charge >= 0.3 is 0 Å². The maximum Gasteiger partial charge on any atom is 0.0444 e. The Kier molecular flexibility index (Phi) is 6.48. The molecule has 1 aliphatic rings. The maximum absolute atomic E-state index is 11.7. The van der Waals surface area contributed by atoms with Gasteiger partial charge in [0.1, 0.15) is 0 Å². The third kappa shape index (κ3) is 4.27. The molecule has 3 atom stereocenters. The molecule has 3 nitrogen and oxygen atoms in total. The second-order valence-corrected chi connectivity index (χ2v) is 8.22. The van der Waals surface area contributed by atoms with Crippen molar-refractivity contribution in [3.05, 3.63) is 0 Å². The van der Waals surface area contributed by atoms with Crippen LogP contribution in [-0.4, -0.2) is 51.8 Å². The summed E-state index contributed by atoms with van der Waals surface area (Å²) >= 11 is 0. The second-order valence-electron chi connectivity index (χ2n) is 6.42. The molecule has 114 valence electrons. The van der Waals surface area contributed by atoms with Crippen molar-refractivity contribution in [1.29, 1.82) is 0 Å². The summed E-state index contributed by atoms with van der Waals surface area (Å²) in [6.07, 6.45) is 4.15. The monoisotopic (exact) mass is 288 g/mol. The molecular weight excluding hydrogens is 256 g/mol. The van der Waals surface area contributed by atoms with Crippen molar-refractivity contribution in [2.45, 2.75) is 64.3 Å². The van der Waals surface area contributed by atoms with E-state index in [-0.39, 0.29) is 10.8 Å². The number of piperazine rings is 1. The van der Waals surface area contributed by atoms with Gasteiger partial charge < -0.3 is 5.32 Å². The van der Waals surface area contributed by atoms with Crippen molar-refractivity contribution in [2.24, 2.45) is 5.92 Å². The summed E-state index contributed by atoms with van der Waals surface area (Å²) in [5.74, 6) is 0.636. The van der Waals surface area contributed by atoms with Crippen LogP contribution in [0.4, 0.5) is 0 Å². The summed E-state index contributed by atoms with van der Waals surface area (Å²) in [6, 6.07) is 0.567. The Balaban J connectivity index is 2.81. The molecule has 0 amide bonds. The van der Waals surface area contributed by atoms with Crippen molar-refractivity contribution >= 4 is 10.8 Å². The van der Waals surface area contributed by atoms with E-state index >= 15 is 0 Å². The van der Waals surface area contributed by atoms with E-state index in [0.29, 0.717) is 12.0 Å². The van der Waals surface area contributed by atoms with E-state index < -0.39 is 10.8 Å². The minimum Gasteiger partial charge on any atom is -0.308 e. The van der Waals surface area contributed by atoms with E-state index in [1.807, 2.05) is 6.26 Å². The van der Waals surface area contributed by atoms with Crippen LogP contribution in [0.5, 0.6) is 0 Å². The molecule has 1 heterocycles. The Morgan fingerprint density at radius 3 is 2.32 bits per heavy atom. The predicted molar refractivity (Wildman–Crippen MR) is 85.0 cm³/mol. The van der Waals surface area contributed by atoms with Crippen molar-refractivity contribution in [3.63, 3.8) is 0 Å². The van der Waals surface area contributed by atoms with Gasteiger partial charge in [-0.05, 0) is 25.7 Å². The zero-order valence-corrected chi connectivity index (χ0v) is 14.3. The quantitative estimate of drug-likeness (QED) is 0.813. The third-order valence-electron chi connectivity index (χ3n) is 4.84. The van der Waals surface area contributed by atoms with Gasteiger partial charge in [-0.25, -0.2) is 0 Å². The van der Waals surface area contributed by atoms with Gasteiger partial charge in [0.15, 0.2) is 0 Å². The molecule has 0 spiro atoms. The first-order valence-corrected chi connectivity index (χ1v) is 9.28. The van der Waals surface area contributed by atoms with Crippen molar-refractivity contribution in [1.82, 2.24) is 10.2 Å². The largest absolute Gasteiger partial charge is 0.308 e. The SMILES string of the molecule is CCC1(CC)CN(CC(C)S(C)=O)C(C(C)C)CN1. The Morgan fingerprint density at radius 2 is 1.89 bits per heavy atom. The van der Waals surface area contributed by atoms with Crippen LogP contribution in [0.3, 0.4) is 0 Å². The molecule has 1 saturated heterocycles. The van der Waals surface area contributed by atoms with E-state index in [0.717, 1.165) is 32.5 Å². The lowest BCUT2D eigenvalue weighted by Crippen LogP contribution is -2.65. The highest BCUT2D eigenvalue weighted by Crippen LogP contribution is 2.26. The summed E-state index contributed by atoms with van der Waals surface area (Å²) in [7, 11) is -0.731. The standard InChI is InChI=1S/C15H32N2OS/c1-7-15(8-2)11-17(10-13(5)19(6)18)14(9-16-15)12(3)4/h12-14,16H,7-11H2,1-6H3. The average molecular weight is 289 g/mol. The zero-order chi connectivity index (χ0) is 14.6. The van der Waals surface area contributed by atoms with Crippen LogP contribution in [-0.2, 0) is 10.8 Å². The van der Waals surface area contributed by atoms with Crippen LogP contribution < -0.4 is 5.32 Å². The van der Waals surface area contributed by atoms with E-state index in [1.165, 1.54) is 0 Å². The van der Waals surface area contributed by atoms with Gasteiger partial charge in [-0.3, -0.25) is 9.11 Å². The van der Waals surface area contributed by atoms with Crippen LogP contribution >= 0.6 is 0 Å². The minimum absolute atomic E-state index is 0.250. The van der Waals surface area contributed by atoms with Gasteiger partial charge in [-0.2, -0.15) is 0 Å². The first kappa shape index (κ1) is 17.1. The Morgan fingerprint density at radius 1 is 1.32 bits per heavy atom. The average Bonchev–Trinajstić information content (AvgIpc) is 2.38. The van der Waals surface area contributed by atoms with E-state index in [2.05, 4.69) is 44.8 Å². The predicted octanol–water partition coefficient (Wildman–Crippen LogP) is 2.24. The topological polar surface area (TPSA) is 32.3 Å². The number of nitrogens with zero attached hydrogens (tertiary/aromatic N) is 1. The Bertz CT molecular complexity index is 303. The fraction of sp³-hybridized carbons (Fsp3) is 1.00. The molecule has 0 aromatic carbocycles. The molecule has 3 unspecified atom stereocenters. The molecule has 1 aliphatic heterocycles. The molecule has 0 aliphatic carbocycles. The molecular formula is C15H32N2OS. The number of hydrogen-bond donors (Lipinski definition) is 1. The molecule has 19 heavy (non-hydrogen) atoms. The minimum atomic E-state index is -0.731. The number of hydrogen-bond acceptors (Lipinski definition) is 3. The normalized spacial score (nSPS) is 27.4. The molecule has 0 aromatic rings. The third-order valence-corrected chi connectivity index (χ3v) is 6.12. The van der Waals surface area contributed by atoms with E-state index in [1.54, 1.807) is 0 Å². The molecule has 0 aromatic heterocycles. The highest BCUT2D eigenvalue weighted by atomic mass is 32.2. The van der Waals surface area contributed by atoms with Crippen LogP contribution in [0.25, 0.3) is 0 Å². The van der Waals surface area contributed by atoms with Gasteiger partial charge in [0.05, 0.1) is 0 Å². The van der Waals surface area contributed by atoms with Gasteiger partial charge in [0.2, 0.25) is 0 Å². The fourth-order valence-corrected chi connectivity index (χ4v) is 3.43. The summed E-state index contributed by atoms with van der Waals surface area (Å²) in [5.41, 5.74) is 0.250. The van der Waals surface area contributed by atoms with Gasteiger partial charge in [0.25, 0.3) is 0 Å². The smallest absolute Gasteiger partial charge is 0.0444 e. The van der Waals surface area contributed by atoms with Crippen LogP contribution in [0.2, 0.25) is 0 Å². The highest BCUT2D eigenvalue weighted by Gasteiger charge is 2.38. The Hall–Kier alpha value is 0.0700. The molecule has 1 N–H and O–H groups in total.